The van der Waals surface area contributed by atoms with Crippen LogP contribution in [0.15, 0.2) is 79.0 Å². The third kappa shape index (κ3) is 2.07. The molecule has 22 heavy (non-hydrogen) atoms. The van der Waals surface area contributed by atoms with Gasteiger partial charge in [0.25, 0.3) is 0 Å². The molecule has 0 aliphatic heterocycles. The van der Waals surface area contributed by atoms with Gasteiger partial charge < -0.3 is 0 Å². The minimum Gasteiger partial charge on any atom is -0.299 e. The first kappa shape index (κ1) is 12.8. The lowest BCUT2D eigenvalue weighted by molar-refractivity contribution is 0.628. The molecule has 0 saturated carbocycles. The number of hydrogen-bond donors (Lipinski definition) is 0. The zero-order chi connectivity index (χ0) is 14.9. The van der Waals surface area contributed by atoms with E-state index in [1.54, 1.807) is 12.1 Å². The van der Waals surface area contributed by atoms with E-state index in [4.69, 9.17) is 4.98 Å². The van der Waals surface area contributed by atoms with Gasteiger partial charge >= 0.3 is 0 Å². The Morgan fingerprint density at radius 3 is 2.23 bits per heavy atom. The molecule has 0 atom stereocenters. The van der Waals surface area contributed by atoms with E-state index in [9.17, 15) is 4.39 Å². The van der Waals surface area contributed by atoms with Crippen LogP contribution in [0.3, 0.4) is 0 Å². The predicted molar refractivity (Wildman–Crippen MR) is 86.0 cm³/mol. The standard InChI is InChI=1S/C19H13FN2/c20-16-11-9-14(10-12-16)18-19(15-6-2-1-3-7-15)22-13-5-4-8-17(22)21-18/h1-13H. The molecule has 2 nitrogen and oxygen atoms in total. The fraction of sp³-hybridized carbons (Fsp3) is 0. The van der Waals surface area contributed by atoms with E-state index < -0.39 is 0 Å². The van der Waals surface area contributed by atoms with Crippen molar-refractivity contribution in [3.8, 4) is 22.5 Å². The van der Waals surface area contributed by atoms with Crippen molar-refractivity contribution in [1.29, 1.82) is 0 Å². The third-order valence-electron chi connectivity index (χ3n) is 3.69. The van der Waals surface area contributed by atoms with Crippen LogP contribution in [0.2, 0.25) is 0 Å². The highest BCUT2D eigenvalue weighted by Gasteiger charge is 2.15. The molecule has 0 saturated heterocycles. The van der Waals surface area contributed by atoms with E-state index in [2.05, 4.69) is 16.5 Å². The molecule has 0 amide bonds. The maximum absolute atomic E-state index is 13.2. The molecule has 0 N–H and O–H groups in total. The molecule has 0 fully saturated rings. The van der Waals surface area contributed by atoms with Gasteiger partial charge in [-0.1, -0.05) is 36.4 Å². The molecule has 2 aromatic carbocycles. The lowest BCUT2D eigenvalue weighted by atomic mass is 10.0. The number of pyridine rings is 1. The Hall–Kier alpha value is -2.94. The lowest BCUT2D eigenvalue weighted by Crippen LogP contribution is -1.89. The van der Waals surface area contributed by atoms with Gasteiger partial charge in [-0.15, -0.1) is 0 Å². The molecule has 4 aromatic rings. The first-order valence-corrected chi connectivity index (χ1v) is 7.11. The maximum Gasteiger partial charge on any atom is 0.137 e. The Bertz CT molecular complexity index is 925. The summed E-state index contributed by atoms with van der Waals surface area (Å²) in [6, 6.07) is 22.5. The van der Waals surface area contributed by atoms with Crippen molar-refractivity contribution >= 4 is 5.65 Å². The maximum atomic E-state index is 13.2. The number of nitrogens with zero attached hydrogens (tertiary/aromatic N) is 2. The van der Waals surface area contributed by atoms with Crippen LogP contribution in [-0.4, -0.2) is 9.38 Å². The number of hydrogen-bond acceptors (Lipinski definition) is 1. The summed E-state index contributed by atoms with van der Waals surface area (Å²) in [7, 11) is 0. The van der Waals surface area contributed by atoms with Gasteiger partial charge in [-0.3, -0.25) is 4.40 Å². The average molecular weight is 288 g/mol. The number of halogens is 1. The summed E-state index contributed by atoms with van der Waals surface area (Å²) < 4.78 is 15.3. The van der Waals surface area contributed by atoms with E-state index in [1.165, 1.54) is 12.1 Å². The molecule has 106 valence electrons. The number of fused-ring (bicyclic) bond motifs is 1. The zero-order valence-corrected chi connectivity index (χ0v) is 11.8. The summed E-state index contributed by atoms with van der Waals surface area (Å²) in [6.45, 7) is 0. The second-order valence-corrected chi connectivity index (χ2v) is 5.11. The SMILES string of the molecule is Fc1ccc(-c2nc3ccccn3c2-c2ccccc2)cc1. The predicted octanol–water partition coefficient (Wildman–Crippen LogP) is 4.81. The highest BCUT2D eigenvalue weighted by molar-refractivity contribution is 5.81. The molecule has 0 aliphatic carbocycles. The summed E-state index contributed by atoms with van der Waals surface area (Å²) in [4.78, 5) is 4.73. The van der Waals surface area contributed by atoms with Crippen molar-refractivity contribution in [3.05, 3.63) is 84.8 Å². The van der Waals surface area contributed by atoms with Crippen LogP contribution in [-0.2, 0) is 0 Å². The van der Waals surface area contributed by atoms with Crippen LogP contribution in [0, 0.1) is 5.82 Å². The summed E-state index contributed by atoms with van der Waals surface area (Å²) in [5.41, 5.74) is 4.74. The molecular formula is C19H13FN2. The van der Waals surface area contributed by atoms with Crippen molar-refractivity contribution in [2.75, 3.05) is 0 Å². The van der Waals surface area contributed by atoms with Crippen LogP contribution in [0.5, 0.6) is 0 Å². The van der Waals surface area contributed by atoms with Crippen LogP contribution in [0.1, 0.15) is 0 Å². The Morgan fingerprint density at radius 1 is 0.727 bits per heavy atom. The number of rotatable bonds is 2. The Labute approximate surface area is 127 Å². The first-order chi connectivity index (χ1) is 10.8. The van der Waals surface area contributed by atoms with E-state index in [-0.39, 0.29) is 5.82 Å². The van der Waals surface area contributed by atoms with Crippen molar-refractivity contribution < 1.29 is 4.39 Å². The minimum absolute atomic E-state index is 0.242. The summed E-state index contributed by atoms with van der Waals surface area (Å²) in [5.74, 6) is -0.242. The average Bonchev–Trinajstić information content (AvgIpc) is 2.96. The van der Waals surface area contributed by atoms with Gasteiger partial charge in [-0.25, -0.2) is 9.37 Å². The van der Waals surface area contributed by atoms with Crippen LogP contribution < -0.4 is 0 Å². The second-order valence-electron chi connectivity index (χ2n) is 5.11. The number of aromatic nitrogens is 2. The van der Waals surface area contributed by atoms with E-state index >= 15 is 0 Å². The quantitative estimate of drug-likeness (QED) is 0.517. The monoisotopic (exact) mass is 288 g/mol. The van der Waals surface area contributed by atoms with Crippen molar-refractivity contribution in [1.82, 2.24) is 9.38 Å². The van der Waals surface area contributed by atoms with E-state index in [0.717, 1.165) is 28.2 Å². The number of benzene rings is 2. The normalized spacial score (nSPS) is 11.0. The molecule has 0 spiro atoms. The van der Waals surface area contributed by atoms with Crippen molar-refractivity contribution in [3.63, 3.8) is 0 Å². The van der Waals surface area contributed by atoms with E-state index in [0.29, 0.717) is 0 Å². The largest absolute Gasteiger partial charge is 0.299 e. The molecule has 0 unspecified atom stereocenters. The van der Waals surface area contributed by atoms with Crippen LogP contribution >= 0.6 is 0 Å². The highest BCUT2D eigenvalue weighted by Crippen LogP contribution is 2.32. The van der Waals surface area contributed by atoms with Gasteiger partial charge in [0.05, 0.1) is 11.4 Å². The summed E-state index contributed by atoms with van der Waals surface area (Å²) >= 11 is 0. The molecule has 3 heteroatoms. The Kier molecular flexibility index (Phi) is 2.97. The van der Waals surface area contributed by atoms with Gasteiger partial charge in [0.2, 0.25) is 0 Å². The molecule has 4 rings (SSSR count). The third-order valence-corrected chi connectivity index (χ3v) is 3.69. The first-order valence-electron chi connectivity index (χ1n) is 7.11. The smallest absolute Gasteiger partial charge is 0.137 e. The Balaban J connectivity index is 2.04. The summed E-state index contributed by atoms with van der Waals surface area (Å²) in [6.07, 6.45) is 2.00. The topological polar surface area (TPSA) is 17.3 Å². The Morgan fingerprint density at radius 2 is 1.45 bits per heavy atom. The number of imidazole rings is 1. The van der Waals surface area contributed by atoms with Crippen molar-refractivity contribution in [2.24, 2.45) is 0 Å². The van der Waals surface area contributed by atoms with Gasteiger partial charge in [0.15, 0.2) is 0 Å². The zero-order valence-electron chi connectivity index (χ0n) is 11.8. The molecule has 0 radical (unpaired) electrons. The highest BCUT2D eigenvalue weighted by atomic mass is 19.1. The summed E-state index contributed by atoms with van der Waals surface area (Å²) in [5, 5.41) is 0. The van der Waals surface area contributed by atoms with Gasteiger partial charge in [0.1, 0.15) is 11.5 Å². The lowest BCUT2D eigenvalue weighted by Gasteiger charge is -2.05. The molecule has 2 heterocycles. The molecule has 0 aliphatic rings. The minimum atomic E-state index is -0.242. The van der Waals surface area contributed by atoms with Gasteiger partial charge in [-0.2, -0.15) is 0 Å². The van der Waals surface area contributed by atoms with Crippen LogP contribution in [0.25, 0.3) is 28.2 Å². The molecular weight excluding hydrogens is 275 g/mol. The molecule has 2 aromatic heterocycles. The van der Waals surface area contributed by atoms with Crippen molar-refractivity contribution in [2.45, 2.75) is 0 Å². The fourth-order valence-electron chi connectivity index (χ4n) is 2.68. The second kappa shape index (κ2) is 5.11. The van der Waals surface area contributed by atoms with Gasteiger partial charge in [-0.05, 0) is 36.4 Å². The fourth-order valence-corrected chi connectivity index (χ4v) is 2.68. The van der Waals surface area contributed by atoms with E-state index in [1.807, 2.05) is 42.6 Å². The van der Waals surface area contributed by atoms with Crippen LogP contribution in [0.4, 0.5) is 4.39 Å². The molecule has 0 bridgehead atoms. The van der Waals surface area contributed by atoms with Gasteiger partial charge in [0, 0.05) is 17.3 Å².